The largest absolute Gasteiger partial charge is 0.302 e. The lowest BCUT2D eigenvalue weighted by Gasteiger charge is -2.02. The number of carbonyl (C=O) groups excluding carboxylic acids is 2. The predicted molar refractivity (Wildman–Crippen MR) is 96.2 cm³/mol. The molecule has 0 radical (unpaired) electrons. The summed E-state index contributed by atoms with van der Waals surface area (Å²) in [6.07, 6.45) is 1.81. The topological polar surface area (TPSA) is 84.0 Å². The van der Waals surface area contributed by atoms with Crippen LogP contribution >= 0.6 is 22.7 Å². The quantitative estimate of drug-likeness (QED) is 0.705. The maximum absolute atomic E-state index is 11.9. The molecule has 6 nitrogen and oxygen atoms in total. The van der Waals surface area contributed by atoms with Crippen molar-refractivity contribution in [2.75, 3.05) is 10.6 Å². The number of nitrogens with one attached hydrogen (secondary N) is 2. The molecule has 0 saturated carbocycles. The van der Waals surface area contributed by atoms with E-state index in [1.807, 2.05) is 35.7 Å². The summed E-state index contributed by atoms with van der Waals surface area (Å²) in [6.45, 7) is 0. The van der Waals surface area contributed by atoms with E-state index in [2.05, 4.69) is 20.6 Å². The van der Waals surface area contributed by atoms with E-state index < -0.39 is 0 Å². The molecule has 1 aromatic carbocycles. The highest BCUT2D eigenvalue weighted by atomic mass is 32.1. The van der Waals surface area contributed by atoms with Crippen molar-refractivity contribution < 1.29 is 9.59 Å². The molecule has 0 unspecified atom stereocenters. The van der Waals surface area contributed by atoms with Crippen LogP contribution in [0.4, 0.5) is 10.3 Å². The smallest absolute Gasteiger partial charge is 0.226 e. The van der Waals surface area contributed by atoms with E-state index in [0.29, 0.717) is 10.3 Å². The molecule has 0 fully saturated rings. The monoisotopic (exact) mass is 358 g/mol. The fraction of sp³-hybridized carbons (Fsp3) is 0.125. The van der Waals surface area contributed by atoms with E-state index >= 15 is 0 Å². The normalized spacial score (nSPS) is 10.3. The highest BCUT2D eigenvalue weighted by Crippen LogP contribution is 2.24. The molecule has 0 aliphatic heterocycles. The Labute approximate surface area is 146 Å². The second-order valence-electron chi connectivity index (χ2n) is 4.84. The first-order valence-corrected chi connectivity index (χ1v) is 8.97. The van der Waals surface area contributed by atoms with Gasteiger partial charge in [-0.3, -0.25) is 9.59 Å². The van der Waals surface area contributed by atoms with Crippen LogP contribution in [0.1, 0.15) is 12.8 Å². The fourth-order valence-corrected chi connectivity index (χ4v) is 3.23. The van der Waals surface area contributed by atoms with Gasteiger partial charge in [0, 0.05) is 35.4 Å². The minimum absolute atomic E-state index is 0.0947. The lowest BCUT2D eigenvalue weighted by molar-refractivity contribution is -0.121. The SMILES string of the molecule is O=C(CCC(=O)Nc1nc(-c2ccccc2)cs1)Nc1nccs1. The van der Waals surface area contributed by atoms with E-state index in [1.165, 1.54) is 22.7 Å². The van der Waals surface area contributed by atoms with Gasteiger partial charge in [-0.05, 0) is 0 Å². The molecule has 122 valence electrons. The van der Waals surface area contributed by atoms with Gasteiger partial charge in [0.05, 0.1) is 5.69 Å². The standard InChI is InChI=1S/C16H14N4O2S2/c21-13(19-15-17-8-9-23-15)6-7-14(22)20-16-18-12(10-24-16)11-4-2-1-3-5-11/h1-5,8-10H,6-7H2,(H,17,19,21)(H,18,20,22). The predicted octanol–water partition coefficient (Wildman–Crippen LogP) is 3.62. The summed E-state index contributed by atoms with van der Waals surface area (Å²) in [6, 6.07) is 9.74. The summed E-state index contributed by atoms with van der Waals surface area (Å²) in [4.78, 5) is 32.0. The van der Waals surface area contributed by atoms with Gasteiger partial charge in [-0.25, -0.2) is 9.97 Å². The van der Waals surface area contributed by atoms with Gasteiger partial charge in [0.2, 0.25) is 11.8 Å². The fourth-order valence-electron chi connectivity index (χ4n) is 1.95. The average molecular weight is 358 g/mol. The van der Waals surface area contributed by atoms with Crippen molar-refractivity contribution in [2.24, 2.45) is 0 Å². The van der Waals surface area contributed by atoms with Gasteiger partial charge in [-0.15, -0.1) is 22.7 Å². The minimum atomic E-state index is -0.238. The molecule has 2 heterocycles. The molecule has 0 bridgehead atoms. The second-order valence-corrected chi connectivity index (χ2v) is 6.59. The third-order valence-electron chi connectivity index (χ3n) is 3.08. The number of amides is 2. The molecule has 2 amide bonds. The van der Waals surface area contributed by atoms with Gasteiger partial charge in [-0.1, -0.05) is 30.3 Å². The van der Waals surface area contributed by atoms with Gasteiger partial charge in [0.25, 0.3) is 0 Å². The highest BCUT2D eigenvalue weighted by molar-refractivity contribution is 7.14. The Morgan fingerprint density at radius 1 is 0.958 bits per heavy atom. The summed E-state index contributed by atoms with van der Waals surface area (Å²) in [5, 5.41) is 10.1. The van der Waals surface area contributed by atoms with Gasteiger partial charge >= 0.3 is 0 Å². The summed E-state index contributed by atoms with van der Waals surface area (Å²) in [7, 11) is 0. The van der Waals surface area contributed by atoms with Gasteiger partial charge in [0.15, 0.2) is 10.3 Å². The van der Waals surface area contributed by atoms with Crippen LogP contribution in [-0.2, 0) is 9.59 Å². The summed E-state index contributed by atoms with van der Waals surface area (Å²) >= 11 is 2.70. The second kappa shape index (κ2) is 7.80. The van der Waals surface area contributed by atoms with Crippen LogP contribution in [0.15, 0.2) is 47.3 Å². The van der Waals surface area contributed by atoms with Crippen LogP contribution in [0, 0.1) is 0 Å². The van der Waals surface area contributed by atoms with Crippen molar-refractivity contribution in [3.8, 4) is 11.3 Å². The van der Waals surface area contributed by atoms with Crippen LogP contribution in [0.5, 0.6) is 0 Å². The first kappa shape index (κ1) is 16.3. The lowest BCUT2D eigenvalue weighted by atomic mass is 10.2. The zero-order valence-electron chi connectivity index (χ0n) is 12.6. The van der Waals surface area contributed by atoms with Crippen molar-refractivity contribution >= 4 is 44.8 Å². The molecule has 2 aromatic heterocycles. The molecule has 3 aromatic rings. The van der Waals surface area contributed by atoms with Gasteiger partial charge in [0.1, 0.15) is 0 Å². The van der Waals surface area contributed by atoms with Gasteiger partial charge in [-0.2, -0.15) is 0 Å². The van der Waals surface area contributed by atoms with Crippen molar-refractivity contribution in [3.05, 3.63) is 47.3 Å². The minimum Gasteiger partial charge on any atom is -0.302 e. The number of anilines is 2. The Kier molecular flexibility index (Phi) is 5.29. The Balaban J connectivity index is 1.48. The number of hydrogen-bond donors (Lipinski definition) is 2. The van der Waals surface area contributed by atoms with Crippen LogP contribution < -0.4 is 10.6 Å². The number of hydrogen-bond acceptors (Lipinski definition) is 6. The van der Waals surface area contributed by atoms with Crippen LogP contribution in [0.3, 0.4) is 0 Å². The Morgan fingerprint density at radius 2 is 1.67 bits per heavy atom. The Bertz CT molecular complexity index is 816. The molecule has 0 spiro atoms. The third-order valence-corrected chi connectivity index (χ3v) is 4.52. The van der Waals surface area contributed by atoms with Crippen molar-refractivity contribution in [2.45, 2.75) is 12.8 Å². The third kappa shape index (κ3) is 4.46. The Morgan fingerprint density at radius 3 is 2.33 bits per heavy atom. The maximum atomic E-state index is 11.9. The molecular weight excluding hydrogens is 344 g/mol. The maximum Gasteiger partial charge on any atom is 0.226 e. The molecule has 0 atom stereocenters. The number of aromatic nitrogens is 2. The molecule has 2 N–H and O–H groups in total. The summed E-state index contributed by atoms with van der Waals surface area (Å²) in [5.74, 6) is -0.470. The highest BCUT2D eigenvalue weighted by Gasteiger charge is 2.11. The van der Waals surface area contributed by atoms with Crippen LogP contribution in [-0.4, -0.2) is 21.8 Å². The molecule has 0 aliphatic rings. The van der Waals surface area contributed by atoms with Crippen LogP contribution in [0.25, 0.3) is 11.3 Å². The number of benzene rings is 1. The Hall–Kier alpha value is -2.58. The molecule has 0 saturated heterocycles. The van der Waals surface area contributed by atoms with E-state index in [1.54, 1.807) is 11.6 Å². The van der Waals surface area contributed by atoms with Crippen LogP contribution in [0.2, 0.25) is 0 Å². The summed E-state index contributed by atoms with van der Waals surface area (Å²) in [5.41, 5.74) is 1.81. The van der Waals surface area contributed by atoms with E-state index in [4.69, 9.17) is 0 Å². The number of rotatable bonds is 6. The lowest BCUT2D eigenvalue weighted by Crippen LogP contribution is -2.17. The molecule has 0 aliphatic carbocycles. The zero-order chi connectivity index (χ0) is 16.8. The molecule has 8 heteroatoms. The number of thiazole rings is 2. The number of nitrogens with zero attached hydrogens (tertiary/aromatic N) is 2. The first-order valence-electron chi connectivity index (χ1n) is 7.21. The average Bonchev–Trinajstić information content (AvgIpc) is 3.26. The van der Waals surface area contributed by atoms with Crippen molar-refractivity contribution in [3.63, 3.8) is 0 Å². The molecule has 24 heavy (non-hydrogen) atoms. The van der Waals surface area contributed by atoms with E-state index in [-0.39, 0.29) is 24.7 Å². The summed E-state index contributed by atoms with van der Waals surface area (Å²) < 4.78 is 0. The first-order chi connectivity index (χ1) is 11.7. The van der Waals surface area contributed by atoms with E-state index in [9.17, 15) is 9.59 Å². The van der Waals surface area contributed by atoms with E-state index in [0.717, 1.165) is 11.3 Å². The molecular formula is C16H14N4O2S2. The molecule has 3 rings (SSSR count). The van der Waals surface area contributed by atoms with Gasteiger partial charge < -0.3 is 10.6 Å². The van der Waals surface area contributed by atoms with Crippen molar-refractivity contribution in [1.82, 2.24) is 9.97 Å². The zero-order valence-corrected chi connectivity index (χ0v) is 14.2. The number of carbonyl (C=O) groups is 2. The van der Waals surface area contributed by atoms with Crippen molar-refractivity contribution in [1.29, 1.82) is 0 Å².